The van der Waals surface area contributed by atoms with Gasteiger partial charge in [-0.25, -0.2) is 4.68 Å². The number of ether oxygens (including phenoxy) is 2. The van der Waals surface area contributed by atoms with Crippen molar-refractivity contribution >= 4 is 5.91 Å². The van der Waals surface area contributed by atoms with E-state index < -0.39 is 6.04 Å². The van der Waals surface area contributed by atoms with E-state index in [2.05, 4.69) is 15.5 Å². The van der Waals surface area contributed by atoms with Crippen molar-refractivity contribution in [2.45, 2.75) is 19.4 Å². The number of methoxy groups -OCH3 is 1. The van der Waals surface area contributed by atoms with Crippen LogP contribution in [-0.4, -0.2) is 64.4 Å². The predicted octanol–water partition coefficient (Wildman–Crippen LogP) is 0.633. The second-order valence-electron chi connectivity index (χ2n) is 5.68. The van der Waals surface area contributed by atoms with E-state index in [0.29, 0.717) is 38.5 Å². The highest BCUT2D eigenvalue weighted by molar-refractivity contribution is 5.80. The van der Waals surface area contributed by atoms with E-state index in [1.807, 2.05) is 29.2 Å². The van der Waals surface area contributed by atoms with Gasteiger partial charge in [0.2, 0.25) is 5.91 Å². The first-order valence-corrected chi connectivity index (χ1v) is 7.93. The molecular weight excluding hydrogens is 310 g/mol. The molecular formula is C16H21N5O3. The zero-order chi connectivity index (χ0) is 16.9. The fourth-order valence-electron chi connectivity index (χ4n) is 2.82. The summed E-state index contributed by atoms with van der Waals surface area (Å²) in [6.45, 7) is 4.10. The summed E-state index contributed by atoms with van der Waals surface area (Å²) in [7, 11) is 1.63. The first kappa shape index (κ1) is 16.4. The largest absolute Gasteiger partial charge is 0.497 e. The molecule has 1 aromatic heterocycles. The first-order valence-electron chi connectivity index (χ1n) is 7.93. The van der Waals surface area contributed by atoms with E-state index in [1.165, 1.54) is 0 Å². The molecule has 0 bridgehead atoms. The molecule has 0 radical (unpaired) electrons. The Bertz CT molecular complexity index is 697. The lowest BCUT2D eigenvalue weighted by Crippen LogP contribution is -2.45. The lowest BCUT2D eigenvalue weighted by Gasteiger charge is -2.30. The van der Waals surface area contributed by atoms with Crippen LogP contribution in [0.4, 0.5) is 0 Å². The van der Waals surface area contributed by atoms with E-state index in [9.17, 15) is 4.79 Å². The molecule has 1 aliphatic heterocycles. The second-order valence-corrected chi connectivity index (χ2v) is 5.68. The molecule has 0 unspecified atom stereocenters. The van der Waals surface area contributed by atoms with Crippen LogP contribution in [0.5, 0.6) is 5.75 Å². The molecule has 1 saturated heterocycles. The number of carbonyl (C=O) groups excluding carboxylic acids is 1. The van der Waals surface area contributed by atoms with Crippen LogP contribution in [0, 0.1) is 6.92 Å². The minimum atomic E-state index is -0.481. The van der Waals surface area contributed by atoms with Gasteiger partial charge in [-0.05, 0) is 35.0 Å². The number of tetrazole rings is 1. The molecule has 8 nitrogen and oxygen atoms in total. The minimum absolute atomic E-state index is 0.0107. The third kappa shape index (κ3) is 3.53. The predicted molar refractivity (Wildman–Crippen MR) is 85.7 cm³/mol. The third-order valence-electron chi connectivity index (χ3n) is 4.12. The number of nitrogens with zero attached hydrogens (tertiary/aromatic N) is 5. The van der Waals surface area contributed by atoms with Crippen LogP contribution in [0.1, 0.15) is 17.4 Å². The second kappa shape index (κ2) is 7.39. The molecule has 1 fully saturated rings. The van der Waals surface area contributed by atoms with E-state index in [4.69, 9.17) is 9.47 Å². The highest BCUT2D eigenvalue weighted by Crippen LogP contribution is 2.21. The first-order chi connectivity index (χ1) is 11.7. The van der Waals surface area contributed by atoms with Crippen molar-refractivity contribution in [1.29, 1.82) is 0 Å². The highest BCUT2D eigenvalue weighted by Gasteiger charge is 2.29. The Kier molecular flexibility index (Phi) is 5.05. The van der Waals surface area contributed by atoms with Crippen LogP contribution >= 0.6 is 0 Å². The van der Waals surface area contributed by atoms with Crippen LogP contribution in [0.25, 0.3) is 0 Å². The van der Waals surface area contributed by atoms with Gasteiger partial charge >= 0.3 is 0 Å². The molecule has 24 heavy (non-hydrogen) atoms. The number of hydrogen-bond donors (Lipinski definition) is 0. The zero-order valence-electron chi connectivity index (χ0n) is 13.9. The lowest BCUT2D eigenvalue weighted by molar-refractivity contribution is -0.139. The summed E-state index contributed by atoms with van der Waals surface area (Å²) in [5, 5.41) is 11.6. The summed E-state index contributed by atoms with van der Waals surface area (Å²) >= 11 is 0. The van der Waals surface area contributed by atoms with Gasteiger partial charge in [-0.15, -0.1) is 5.10 Å². The molecule has 0 saturated carbocycles. The number of aromatic nitrogens is 4. The number of benzene rings is 1. The van der Waals surface area contributed by atoms with Crippen LogP contribution in [-0.2, 0) is 16.0 Å². The van der Waals surface area contributed by atoms with Gasteiger partial charge < -0.3 is 14.4 Å². The number of aryl methyl sites for hydroxylation is 1. The van der Waals surface area contributed by atoms with Crippen molar-refractivity contribution in [1.82, 2.24) is 25.1 Å². The average Bonchev–Trinajstić information content (AvgIpc) is 3.06. The Balaban J connectivity index is 1.87. The molecule has 3 rings (SSSR count). The molecule has 1 aromatic carbocycles. The summed E-state index contributed by atoms with van der Waals surface area (Å²) in [6, 6.07) is 7.22. The third-order valence-corrected chi connectivity index (χ3v) is 4.12. The summed E-state index contributed by atoms with van der Waals surface area (Å²) in [4.78, 5) is 14.8. The molecule has 0 spiro atoms. The molecule has 0 N–H and O–H groups in total. The minimum Gasteiger partial charge on any atom is -0.497 e. The Labute approximate surface area is 140 Å². The molecule has 8 heteroatoms. The van der Waals surface area contributed by atoms with Gasteiger partial charge in [0.1, 0.15) is 17.6 Å². The highest BCUT2D eigenvalue weighted by atomic mass is 16.5. The molecule has 1 amide bonds. The lowest BCUT2D eigenvalue weighted by atomic mass is 10.0. The molecule has 128 valence electrons. The van der Waals surface area contributed by atoms with Crippen molar-refractivity contribution in [3.63, 3.8) is 0 Å². The van der Waals surface area contributed by atoms with E-state index in [0.717, 1.165) is 11.3 Å². The van der Waals surface area contributed by atoms with Crippen LogP contribution in [0.15, 0.2) is 24.3 Å². The monoisotopic (exact) mass is 331 g/mol. The van der Waals surface area contributed by atoms with Crippen LogP contribution in [0.3, 0.4) is 0 Å². The summed E-state index contributed by atoms with van der Waals surface area (Å²) in [6.07, 6.45) is 0.499. The number of carbonyl (C=O) groups is 1. The standard InChI is InChI=1S/C16H21N5O3/c1-12-17-18-19-21(12)15(16(22)20-6-8-24-9-7-20)11-13-4-3-5-14(10-13)23-2/h3-5,10,15H,6-9,11H2,1-2H3/t15-/m1/s1. The van der Waals surface area contributed by atoms with Crippen molar-refractivity contribution in [3.05, 3.63) is 35.7 Å². The maximum absolute atomic E-state index is 13.0. The summed E-state index contributed by atoms with van der Waals surface area (Å²) in [5.41, 5.74) is 0.996. The van der Waals surface area contributed by atoms with Crippen molar-refractivity contribution in [3.8, 4) is 5.75 Å². The normalized spacial score (nSPS) is 16.0. The maximum atomic E-state index is 13.0. The smallest absolute Gasteiger partial charge is 0.248 e. The number of hydrogen-bond acceptors (Lipinski definition) is 6. The molecule has 2 aromatic rings. The Morgan fingerprint density at radius 3 is 2.83 bits per heavy atom. The fourth-order valence-corrected chi connectivity index (χ4v) is 2.82. The van der Waals surface area contributed by atoms with Crippen molar-refractivity contribution < 1.29 is 14.3 Å². The Hall–Kier alpha value is -2.48. The quantitative estimate of drug-likeness (QED) is 0.799. The summed E-state index contributed by atoms with van der Waals surface area (Å²) < 4.78 is 12.2. The molecule has 0 aliphatic carbocycles. The van der Waals surface area contributed by atoms with Gasteiger partial charge in [-0.1, -0.05) is 12.1 Å². The van der Waals surface area contributed by atoms with Crippen LogP contribution in [0.2, 0.25) is 0 Å². The maximum Gasteiger partial charge on any atom is 0.248 e. The fraction of sp³-hybridized carbons (Fsp3) is 0.500. The van der Waals surface area contributed by atoms with Gasteiger partial charge in [-0.3, -0.25) is 4.79 Å². The van der Waals surface area contributed by atoms with Gasteiger partial charge in [0.25, 0.3) is 0 Å². The van der Waals surface area contributed by atoms with Crippen LogP contribution < -0.4 is 4.74 Å². The van der Waals surface area contributed by atoms with Crippen molar-refractivity contribution in [2.24, 2.45) is 0 Å². The number of rotatable bonds is 5. The number of amides is 1. The molecule has 1 atom stereocenters. The van der Waals surface area contributed by atoms with Gasteiger partial charge in [0.05, 0.1) is 20.3 Å². The molecule has 2 heterocycles. The van der Waals surface area contributed by atoms with Gasteiger partial charge in [-0.2, -0.15) is 0 Å². The summed E-state index contributed by atoms with van der Waals surface area (Å²) in [5.74, 6) is 1.39. The van der Waals surface area contributed by atoms with Gasteiger partial charge in [0.15, 0.2) is 0 Å². The van der Waals surface area contributed by atoms with E-state index in [-0.39, 0.29) is 5.91 Å². The van der Waals surface area contributed by atoms with E-state index >= 15 is 0 Å². The van der Waals surface area contributed by atoms with E-state index in [1.54, 1.807) is 18.7 Å². The zero-order valence-corrected chi connectivity index (χ0v) is 13.9. The number of morpholine rings is 1. The molecule has 1 aliphatic rings. The Morgan fingerprint density at radius 2 is 2.17 bits per heavy atom. The van der Waals surface area contributed by atoms with Gasteiger partial charge in [0, 0.05) is 19.5 Å². The van der Waals surface area contributed by atoms with Crippen molar-refractivity contribution in [2.75, 3.05) is 33.4 Å². The average molecular weight is 331 g/mol. The Morgan fingerprint density at radius 1 is 1.38 bits per heavy atom. The topological polar surface area (TPSA) is 82.4 Å². The SMILES string of the molecule is COc1cccc(C[C@H](C(=O)N2CCOCC2)n2nnnc2C)c1.